The van der Waals surface area contributed by atoms with Crippen molar-refractivity contribution in [2.45, 2.75) is 63.8 Å². The molecule has 0 heterocycles. The quantitative estimate of drug-likeness (QED) is 0.660. The lowest BCUT2D eigenvalue weighted by Crippen LogP contribution is -2.47. The maximum Gasteiger partial charge on any atom is 0.315 e. The summed E-state index contributed by atoms with van der Waals surface area (Å²) in [4.78, 5) is 23.0. The molecule has 2 amide bonds. The Bertz CT molecular complexity index is 408. The van der Waals surface area contributed by atoms with Crippen LogP contribution in [-0.4, -0.2) is 29.7 Å². The van der Waals surface area contributed by atoms with Crippen molar-refractivity contribution in [3.63, 3.8) is 0 Å². The Hall–Kier alpha value is -1.52. The number of nitrogens with one attached hydrogen (secondary N) is 2. The average molecular weight is 308 g/mol. The number of carboxylic acids is 1. The minimum atomic E-state index is -0.712. The van der Waals surface area contributed by atoms with E-state index in [1.807, 2.05) is 6.08 Å². The van der Waals surface area contributed by atoms with Gasteiger partial charge < -0.3 is 15.7 Å². The van der Waals surface area contributed by atoms with Gasteiger partial charge in [-0.2, -0.15) is 0 Å². The summed E-state index contributed by atoms with van der Waals surface area (Å²) in [6.45, 7) is 4.54. The summed E-state index contributed by atoms with van der Waals surface area (Å²) in [7, 11) is 0. The number of aliphatic carboxylic acids is 1. The van der Waals surface area contributed by atoms with Gasteiger partial charge in [0.15, 0.2) is 0 Å². The molecule has 0 aromatic carbocycles. The first-order chi connectivity index (χ1) is 10.5. The predicted octanol–water partition coefficient (Wildman–Crippen LogP) is 3.07. The summed E-state index contributed by atoms with van der Waals surface area (Å²) in [6, 6.07) is -0.0105. The summed E-state index contributed by atoms with van der Waals surface area (Å²) in [5, 5.41) is 15.0. The van der Waals surface area contributed by atoms with Crippen LogP contribution in [0, 0.1) is 11.3 Å². The summed E-state index contributed by atoms with van der Waals surface area (Å²) >= 11 is 0. The minimum absolute atomic E-state index is 0.106. The van der Waals surface area contributed by atoms with Crippen LogP contribution in [0.5, 0.6) is 0 Å². The monoisotopic (exact) mass is 308 g/mol. The fourth-order valence-electron chi connectivity index (χ4n) is 3.87. The van der Waals surface area contributed by atoms with Crippen molar-refractivity contribution in [1.29, 1.82) is 0 Å². The zero-order chi connectivity index (χ0) is 16.0. The topological polar surface area (TPSA) is 78.4 Å². The molecule has 2 aliphatic carbocycles. The number of amides is 2. The molecule has 0 aromatic rings. The molecule has 124 valence electrons. The number of allylic oxidation sites excluding steroid dienone is 1. The van der Waals surface area contributed by atoms with Crippen LogP contribution in [0.25, 0.3) is 0 Å². The Morgan fingerprint density at radius 2 is 1.82 bits per heavy atom. The van der Waals surface area contributed by atoms with E-state index in [-0.39, 0.29) is 23.4 Å². The SMILES string of the molecule is C=CCC1(CNC(=O)NC2CCC(C(=O)O)CC2)CCCC1. The standard InChI is InChI=1S/C17H28N2O3/c1-2-9-17(10-3-4-11-17)12-18-16(22)19-14-7-5-13(6-8-14)15(20)21/h2,13-14H,1,3-12H2,(H,20,21)(H2,18,19,22). The van der Waals surface area contributed by atoms with Crippen LogP contribution >= 0.6 is 0 Å². The van der Waals surface area contributed by atoms with Gasteiger partial charge in [0, 0.05) is 12.6 Å². The van der Waals surface area contributed by atoms with Gasteiger partial charge in [0.25, 0.3) is 0 Å². The first-order valence-corrected chi connectivity index (χ1v) is 8.43. The molecule has 2 fully saturated rings. The van der Waals surface area contributed by atoms with E-state index < -0.39 is 5.97 Å². The molecular weight excluding hydrogens is 280 g/mol. The molecule has 0 unspecified atom stereocenters. The molecule has 0 bridgehead atoms. The number of carbonyl (C=O) groups is 2. The van der Waals surface area contributed by atoms with Gasteiger partial charge in [-0.1, -0.05) is 18.9 Å². The zero-order valence-electron chi connectivity index (χ0n) is 13.3. The normalized spacial score (nSPS) is 27.1. The molecule has 2 aliphatic rings. The number of urea groups is 1. The van der Waals surface area contributed by atoms with Crippen LogP contribution in [0.1, 0.15) is 57.8 Å². The fraction of sp³-hybridized carbons (Fsp3) is 0.765. The Labute approximate surface area is 132 Å². The molecular formula is C17H28N2O3. The smallest absolute Gasteiger partial charge is 0.315 e. The van der Waals surface area contributed by atoms with Gasteiger partial charge in [-0.3, -0.25) is 4.79 Å². The molecule has 3 N–H and O–H groups in total. The highest BCUT2D eigenvalue weighted by Crippen LogP contribution is 2.40. The second-order valence-corrected chi connectivity index (χ2v) is 6.91. The molecule has 0 aromatic heterocycles. The van der Waals surface area contributed by atoms with Gasteiger partial charge in [0.2, 0.25) is 0 Å². The summed E-state index contributed by atoms with van der Waals surface area (Å²) < 4.78 is 0. The largest absolute Gasteiger partial charge is 0.481 e. The molecule has 2 rings (SSSR count). The molecule has 0 atom stereocenters. The third kappa shape index (κ3) is 4.49. The number of rotatable bonds is 6. The van der Waals surface area contributed by atoms with Crippen molar-refractivity contribution >= 4 is 12.0 Å². The highest BCUT2D eigenvalue weighted by molar-refractivity contribution is 5.74. The lowest BCUT2D eigenvalue weighted by atomic mass is 9.82. The first kappa shape index (κ1) is 16.8. The van der Waals surface area contributed by atoms with Crippen LogP contribution in [-0.2, 0) is 4.79 Å². The Kier molecular flexibility index (Phi) is 5.86. The number of carbonyl (C=O) groups excluding carboxylic acids is 1. The van der Waals surface area contributed by atoms with E-state index >= 15 is 0 Å². The fourth-order valence-corrected chi connectivity index (χ4v) is 3.87. The molecule has 5 heteroatoms. The molecule has 22 heavy (non-hydrogen) atoms. The predicted molar refractivity (Wildman–Crippen MR) is 85.6 cm³/mol. The third-order valence-electron chi connectivity index (χ3n) is 5.28. The Morgan fingerprint density at radius 3 is 2.36 bits per heavy atom. The van der Waals surface area contributed by atoms with Gasteiger partial charge in [-0.05, 0) is 50.4 Å². The van der Waals surface area contributed by atoms with E-state index in [4.69, 9.17) is 5.11 Å². The Morgan fingerprint density at radius 1 is 1.18 bits per heavy atom. The lowest BCUT2D eigenvalue weighted by molar-refractivity contribution is -0.142. The van der Waals surface area contributed by atoms with E-state index in [0.29, 0.717) is 19.4 Å². The van der Waals surface area contributed by atoms with E-state index in [9.17, 15) is 9.59 Å². The summed E-state index contributed by atoms with van der Waals surface area (Å²) in [5.41, 5.74) is 0.195. The summed E-state index contributed by atoms with van der Waals surface area (Å²) in [5.74, 6) is -0.953. The summed E-state index contributed by atoms with van der Waals surface area (Å²) in [6.07, 6.45) is 10.5. The molecule has 5 nitrogen and oxygen atoms in total. The number of carboxylic acid groups (broad SMARTS) is 1. The van der Waals surface area contributed by atoms with Crippen molar-refractivity contribution < 1.29 is 14.7 Å². The second kappa shape index (κ2) is 7.65. The van der Waals surface area contributed by atoms with Crippen LogP contribution in [0.4, 0.5) is 4.79 Å². The van der Waals surface area contributed by atoms with E-state index in [1.54, 1.807) is 0 Å². The van der Waals surface area contributed by atoms with Crippen molar-refractivity contribution in [2.24, 2.45) is 11.3 Å². The first-order valence-electron chi connectivity index (χ1n) is 8.43. The van der Waals surface area contributed by atoms with Crippen LogP contribution < -0.4 is 10.6 Å². The molecule has 0 saturated heterocycles. The van der Waals surface area contributed by atoms with Gasteiger partial charge in [0.05, 0.1) is 5.92 Å². The van der Waals surface area contributed by atoms with Gasteiger partial charge in [-0.15, -0.1) is 6.58 Å². The highest BCUT2D eigenvalue weighted by Gasteiger charge is 2.33. The van der Waals surface area contributed by atoms with Crippen LogP contribution in [0.2, 0.25) is 0 Å². The lowest BCUT2D eigenvalue weighted by Gasteiger charge is -2.30. The molecule has 0 aliphatic heterocycles. The van der Waals surface area contributed by atoms with E-state index in [1.165, 1.54) is 12.8 Å². The van der Waals surface area contributed by atoms with Crippen molar-refractivity contribution in [3.05, 3.63) is 12.7 Å². The Balaban J connectivity index is 1.72. The number of hydrogen-bond donors (Lipinski definition) is 3. The van der Waals surface area contributed by atoms with Crippen molar-refractivity contribution in [2.75, 3.05) is 6.54 Å². The second-order valence-electron chi connectivity index (χ2n) is 6.91. The number of hydrogen-bond acceptors (Lipinski definition) is 2. The van der Waals surface area contributed by atoms with Crippen molar-refractivity contribution in [3.8, 4) is 0 Å². The van der Waals surface area contributed by atoms with Gasteiger partial charge in [-0.25, -0.2) is 4.79 Å². The van der Waals surface area contributed by atoms with Gasteiger partial charge >= 0.3 is 12.0 Å². The average Bonchev–Trinajstić information content (AvgIpc) is 2.95. The van der Waals surface area contributed by atoms with Crippen LogP contribution in [0.15, 0.2) is 12.7 Å². The molecule has 2 saturated carbocycles. The molecule has 0 spiro atoms. The van der Waals surface area contributed by atoms with E-state index in [0.717, 1.165) is 32.1 Å². The highest BCUT2D eigenvalue weighted by atomic mass is 16.4. The third-order valence-corrected chi connectivity index (χ3v) is 5.28. The van der Waals surface area contributed by atoms with E-state index in [2.05, 4.69) is 17.2 Å². The van der Waals surface area contributed by atoms with Gasteiger partial charge in [0.1, 0.15) is 0 Å². The maximum atomic E-state index is 12.1. The molecule has 0 radical (unpaired) electrons. The van der Waals surface area contributed by atoms with Crippen molar-refractivity contribution in [1.82, 2.24) is 10.6 Å². The maximum absolute atomic E-state index is 12.1. The zero-order valence-corrected chi connectivity index (χ0v) is 13.3. The van der Waals surface area contributed by atoms with Crippen LogP contribution in [0.3, 0.4) is 0 Å². The minimum Gasteiger partial charge on any atom is -0.481 e.